The van der Waals surface area contributed by atoms with Crippen LogP contribution in [-0.2, 0) is 0 Å². The molecule has 0 bridgehead atoms. The molecule has 0 radical (unpaired) electrons. The summed E-state index contributed by atoms with van der Waals surface area (Å²) in [5.41, 5.74) is -0.892. The van der Waals surface area contributed by atoms with Gasteiger partial charge in [-0.2, -0.15) is 0 Å². The molecule has 0 aliphatic carbocycles. The number of amides is 2. The standard InChI is InChI=1S/C13H18BrFN2O2/c1-4-17(8-13(2,3)19)12(18)16-11-7-9(14)5-6-10(11)15/h5-7,19H,4,8H2,1-3H3,(H,16,18). The molecular formula is C13H18BrFN2O2. The highest BCUT2D eigenvalue weighted by Crippen LogP contribution is 2.20. The summed E-state index contributed by atoms with van der Waals surface area (Å²) in [6.07, 6.45) is 0. The van der Waals surface area contributed by atoms with Crippen LogP contribution in [0.3, 0.4) is 0 Å². The molecule has 0 atom stereocenters. The molecule has 0 heterocycles. The number of rotatable bonds is 4. The maximum atomic E-state index is 13.5. The number of carbonyl (C=O) groups excluding carboxylic acids is 1. The van der Waals surface area contributed by atoms with Crippen molar-refractivity contribution in [1.82, 2.24) is 4.90 Å². The van der Waals surface area contributed by atoms with Crippen LogP contribution in [0.15, 0.2) is 22.7 Å². The Morgan fingerprint density at radius 2 is 2.16 bits per heavy atom. The highest BCUT2D eigenvalue weighted by molar-refractivity contribution is 9.10. The van der Waals surface area contributed by atoms with Crippen LogP contribution < -0.4 is 5.32 Å². The summed E-state index contributed by atoms with van der Waals surface area (Å²) in [7, 11) is 0. The molecule has 106 valence electrons. The summed E-state index contributed by atoms with van der Waals surface area (Å²) in [6, 6.07) is 3.87. The van der Waals surface area contributed by atoms with E-state index in [0.717, 1.165) is 0 Å². The summed E-state index contributed by atoms with van der Waals surface area (Å²) < 4.78 is 14.2. The average Bonchev–Trinajstić information content (AvgIpc) is 2.29. The third-order valence-corrected chi connectivity index (χ3v) is 2.91. The predicted molar refractivity (Wildman–Crippen MR) is 76.7 cm³/mol. The number of halogens is 2. The molecule has 0 aliphatic heterocycles. The van der Waals surface area contributed by atoms with E-state index in [1.165, 1.54) is 17.0 Å². The molecule has 0 aliphatic rings. The number of urea groups is 1. The topological polar surface area (TPSA) is 52.6 Å². The summed E-state index contributed by atoms with van der Waals surface area (Å²) in [6.45, 7) is 5.62. The van der Waals surface area contributed by atoms with Crippen LogP contribution in [-0.4, -0.2) is 34.7 Å². The second-order valence-electron chi connectivity index (χ2n) is 4.88. The van der Waals surface area contributed by atoms with Gasteiger partial charge in [0.1, 0.15) is 5.82 Å². The van der Waals surface area contributed by atoms with Crippen molar-refractivity contribution in [3.8, 4) is 0 Å². The van der Waals surface area contributed by atoms with Crippen molar-refractivity contribution in [3.63, 3.8) is 0 Å². The lowest BCUT2D eigenvalue weighted by molar-refractivity contribution is 0.0501. The Morgan fingerprint density at radius 3 is 2.68 bits per heavy atom. The Morgan fingerprint density at radius 1 is 1.53 bits per heavy atom. The third-order valence-electron chi connectivity index (χ3n) is 2.42. The van der Waals surface area contributed by atoms with Gasteiger partial charge >= 0.3 is 6.03 Å². The van der Waals surface area contributed by atoms with Crippen LogP contribution in [0, 0.1) is 5.82 Å². The zero-order valence-corrected chi connectivity index (χ0v) is 12.8. The Hall–Kier alpha value is -1.14. The van der Waals surface area contributed by atoms with Crippen molar-refractivity contribution in [2.45, 2.75) is 26.4 Å². The van der Waals surface area contributed by atoms with Crippen LogP contribution in [0.2, 0.25) is 0 Å². The minimum Gasteiger partial charge on any atom is -0.389 e. The summed E-state index contributed by atoms with van der Waals surface area (Å²) in [4.78, 5) is 13.4. The second-order valence-corrected chi connectivity index (χ2v) is 5.80. The monoisotopic (exact) mass is 332 g/mol. The zero-order chi connectivity index (χ0) is 14.6. The molecule has 0 unspecified atom stereocenters. The van der Waals surface area contributed by atoms with Crippen molar-refractivity contribution >= 4 is 27.6 Å². The first kappa shape index (κ1) is 15.9. The quantitative estimate of drug-likeness (QED) is 0.889. The fourth-order valence-electron chi connectivity index (χ4n) is 1.58. The first-order valence-electron chi connectivity index (χ1n) is 5.96. The van der Waals surface area contributed by atoms with Gasteiger partial charge in [-0.3, -0.25) is 0 Å². The van der Waals surface area contributed by atoms with Gasteiger partial charge < -0.3 is 15.3 Å². The van der Waals surface area contributed by atoms with Gasteiger partial charge in [0.15, 0.2) is 0 Å². The molecule has 0 saturated carbocycles. The highest BCUT2D eigenvalue weighted by Gasteiger charge is 2.21. The minimum absolute atomic E-state index is 0.105. The number of hydrogen-bond acceptors (Lipinski definition) is 2. The largest absolute Gasteiger partial charge is 0.389 e. The molecule has 2 N–H and O–H groups in total. The number of anilines is 1. The van der Waals surface area contributed by atoms with E-state index in [0.29, 0.717) is 11.0 Å². The van der Waals surface area contributed by atoms with Crippen molar-refractivity contribution in [3.05, 3.63) is 28.5 Å². The molecule has 1 rings (SSSR count). The van der Waals surface area contributed by atoms with Gasteiger partial charge in [0.2, 0.25) is 0 Å². The second kappa shape index (κ2) is 6.34. The van der Waals surface area contributed by atoms with E-state index >= 15 is 0 Å². The van der Waals surface area contributed by atoms with E-state index in [1.807, 2.05) is 0 Å². The van der Waals surface area contributed by atoms with Gasteiger partial charge in [-0.1, -0.05) is 15.9 Å². The Labute approximate surface area is 120 Å². The normalized spacial score (nSPS) is 11.3. The van der Waals surface area contributed by atoms with Crippen molar-refractivity contribution in [2.24, 2.45) is 0 Å². The molecule has 0 saturated heterocycles. The lowest BCUT2D eigenvalue weighted by Gasteiger charge is -2.28. The summed E-state index contributed by atoms with van der Waals surface area (Å²) >= 11 is 3.22. The smallest absolute Gasteiger partial charge is 0.322 e. The van der Waals surface area contributed by atoms with Crippen molar-refractivity contribution in [1.29, 1.82) is 0 Å². The number of benzene rings is 1. The summed E-state index contributed by atoms with van der Waals surface area (Å²) in [5, 5.41) is 12.2. The number of aliphatic hydroxyl groups is 1. The van der Waals surface area contributed by atoms with E-state index < -0.39 is 17.4 Å². The number of hydrogen-bond donors (Lipinski definition) is 2. The van der Waals surface area contributed by atoms with Gasteiger partial charge in [0.05, 0.1) is 17.8 Å². The SMILES string of the molecule is CCN(CC(C)(C)O)C(=O)Nc1cc(Br)ccc1F. The predicted octanol–water partition coefficient (Wildman–Crippen LogP) is 3.21. The number of carbonyl (C=O) groups is 1. The Bertz CT molecular complexity index is 460. The molecular weight excluding hydrogens is 315 g/mol. The first-order valence-corrected chi connectivity index (χ1v) is 6.75. The van der Waals surface area contributed by atoms with Crippen LogP contribution in [0.1, 0.15) is 20.8 Å². The molecule has 1 aromatic carbocycles. The maximum absolute atomic E-state index is 13.5. The molecule has 4 nitrogen and oxygen atoms in total. The molecule has 0 fully saturated rings. The van der Waals surface area contributed by atoms with E-state index in [-0.39, 0.29) is 12.2 Å². The lowest BCUT2D eigenvalue weighted by Crippen LogP contribution is -2.44. The van der Waals surface area contributed by atoms with Gasteiger partial charge in [-0.05, 0) is 39.0 Å². The van der Waals surface area contributed by atoms with Gasteiger partial charge in [0, 0.05) is 11.0 Å². The number of likely N-dealkylation sites (N-methyl/N-ethyl adjacent to an activating group) is 1. The van der Waals surface area contributed by atoms with Crippen LogP contribution in [0.5, 0.6) is 0 Å². The van der Waals surface area contributed by atoms with E-state index in [4.69, 9.17) is 0 Å². The first-order chi connectivity index (χ1) is 8.73. The van der Waals surface area contributed by atoms with Crippen LogP contribution in [0.4, 0.5) is 14.9 Å². The third kappa shape index (κ3) is 5.16. The lowest BCUT2D eigenvalue weighted by atomic mass is 10.1. The molecule has 0 aromatic heterocycles. The highest BCUT2D eigenvalue weighted by atomic mass is 79.9. The summed E-state index contributed by atoms with van der Waals surface area (Å²) in [5.74, 6) is -0.504. The Balaban J connectivity index is 2.80. The van der Waals surface area contributed by atoms with Gasteiger partial charge in [0.25, 0.3) is 0 Å². The van der Waals surface area contributed by atoms with Crippen molar-refractivity contribution < 1.29 is 14.3 Å². The van der Waals surface area contributed by atoms with Crippen LogP contribution in [0.25, 0.3) is 0 Å². The number of nitrogens with one attached hydrogen (secondary N) is 1. The van der Waals surface area contributed by atoms with E-state index in [2.05, 4.69) is 21.2 Å². The fourth-order valence-corrected chi connectivity index (χ4v) is 1.94. The molecule has 2 amide bonds. The number of nitrogens with zero attached hydrogens (tertiary/aromatic N) is 1. The van der Waals surface area contributed by atoms with Gasteiger partial charge in [-0.25, -0.2) is 9.18 Å². The van der Waals surface area contributed by atoms with Gasteiger partial charge in [-0.15, -0.1) is 0 Å². The molecule has 1 aromatic rings. The molecule has 19 heavy (non-hydrogen) atoms. The van der Waals surface area contributed by atoms with E-state index in [9.17, 15) is 14.3 Å². The average molecular weight is 333 g/mol. The maximum Gasteiger partial charge on any atom is 0.322 e. The Kier molecular flexibility index (Phi) is 5.31. The van der Waals surface area contributed by atoms with Crippen molar-refractivity contribution in [2.75, 3.05) is 18.4 Å². The molecule has 0 spiro atoms. The van der Waals surface area contributed by atoms with Crippen LogP contribution >= 0.6 is 15.9 Å². The fraction of sp³-hybridized carbons (Fsp3) is 0.462. The zero-order valence-electron chi connectivity index (χ0n) is 11.2. The van der Waals surface area contributed by atoms with E-state index in [1.54, 1.807) is 26.8 Å². The molecule has 6 heteroatoms. The minimum atomic E-state index is -0.997.